The highest BCUT2D eigenvalue weighted by Gasteiger charge is 2.45. The van der Waals surface area contributed by atoms with Crippen LogP contribution >= 0.6 is 0 Å². The van der Waals surface area contributed by atoms with Gasteiger partial charge in [0.2, 0.25) is 5.91 Å². The van der Waals surface area contributed by atoms with Crippen molar-refractivity contribution in [2.75, 3.05) is 13.1 Å². The summed E-state index contributed by atoms with van der Waals surface area (Å²) in [5.74, 6) is 1.07. The summed E-state index contributed by atoms with van der Waals surface area (Å²) in [6, 6.07) is 9.94. The molecular weight excluding hydrogens is 340 g/mol. The van der Waals surface area contributed by atoms with E-state index in [9.17, 15) is 9.90 Å². The van der Waals surface area contributed by atoms with Crippen molar-refractivity contribution in [2.24, 2.45) is 5.92 Å². The molecule has 0 spiro atoms. The highest BCUT2D eigenvalue weighted by atomic mass is 16.3. The predicted octanol–water partition coefficient (Wildman–Crippen LogP) is 2.18. The molecule has 6 nitrogen and oxygen atoms in total. The molecule has 1 aliphatic heterocycles. The first-order chi connectivity index (χ1) is 13.2. The maximum Gasteiger partial charge on any atom is 0.223 e. The number of hydrogen-bond donors (Lipinski definition) is 3. The molecule has 0 unspecified atom stereocenters. The van der Waals surface area contributed by atoms with Crippen molar-refractivity contribution < 1.29 is 9.90 Å². The van der Waals surface area contributed by atoms with Crippen molar-refractivity contribution in [2.45, 2.75) is 50.3 Å². The highest BCUT2D eigenvalue weighted by Crippen LogP contribution is 2.35. The van der Waals surface area contributed by atoms with E-state index >= 15 is 0 Å². The summed E-state index contributed by atoms with van der Waals surface area (Å²) in [4.78, 5) is 22.5. The average Bonchev–Trinajstić information content (AvgIpc) is 3.39. The summed E-state index contributed by atoms with van der Waals surface area (Å²) in [5, 5.41) is 14.5. The predicted molar refractivity (Wildman–Crippen MR) is 103 cm³/mol. The van der Waals surface area contributed by atoms with Gasteiger partial charge in [0.15, 0.2) is 0 Å². The number of aliphatic hydroxyl groups excluding tert-OH is 1. The fraction of sp³-hybridized carbons (Fsp3) is 0.524. The number of rotatable bonds is 5. The van der Waals surface area contributed by atoms with Gasteiger partial charge in [-0.25, -0.2) is 4.98 Å². The van der Waals surface area contributed by atoms with Crippen LogP contribution in [0.4, 0.5) is 0 Å². The van der Waals surface area contributed by atoms with E-state index in [0.29, 0.717) is 19.5 Å². The molecule has 2 atom stereocenters. The van der Waals surface area contributed by atoms with Crippen molar-refractivity contribution in [3.63, 3.8) is 0 Å². The second kappa shape index (κ2) is 7.82. The van der Waals surface area contributed by atoms with Crippen LogP contribution in [0.5, 0.6) is 0 Å². The molecule has 0 bridgehead atoms. The molecule has 1 saturated carbocycles. The molecule has 27 heavy (non-hydrogen) atoms. The van der Waals surface area contributed by atoms with Crippen molar-refractivity contribution in [3.8, 4) is 0 Å². The second-order valence-electron chi connectivity index (χ2n) is 7.84. The number of hydrogen-bond acceptors (Lipinski definition) is 4. The van der Waals surface area contributed by atoms with Crippen LogP contribution in [-0.2, 0) is 16.9 Å². The number of β-amino-alcohol motifs (C(OH)–C–C–N with tert-alkyl or cyclic N) is 1. The lowest BCUT2D eigenvalue weighted by Crippen LogP contribution is -2.62. The summed E-state index contributed by atoms with van der Waals surface area (Å²) >= 11 is 0. The fourth-order valence-corrected chi connectivity index (χ4v) is 4.53. The number of aromatic amines is 1. The number of benzene rings is 1. The van der Waals surface area contributed by atoms with Gasteiger partial charge in [-0.3, -0.25) is 9.69 Å². The lowest BCUT2D eigenvalue weighted by Gasteiger charge is -2.46. The first kappa shape index (κ1) is 18.2. The lowest BCUT2D eigenvalue weighted by atomic mass is 9.78. The quantitative estimate of drug-likeness (QED) is 0.756. The van der Waals surface area contributed by atoms with Crippen molar-refractivity contribution in [3.05, 3.63) is 54.1 Å². The van der Waals surface area contributed by atoms with Crippen molar-refractivity contribution in [1.82, 2.24) is 20.2 Å². The summed E-state index contributed by atoms with van der Waals surface area (Å²) < 4.78 is 0. The Bertz CT molecular complexity index is 743. The van der Waals surface area contributed by atoms with Crippen molar-refractivity contribution in [1.29, 1.82) is 0 Å². The van der Waals surface area contributed by atoms with Gasteiger partial charge in [-0.05, 0) is 24.8 Å². The molecule has 1 aromatic heterocycles. The zero-order chi connectivity index (χ0) is 18.7. The molecule has 2 fully saturated rings. The Kier molecular flexibility index (Phi) is 5.27. The van der Waals surface area contributed by atoms with Crippen LogP contribution in [0.1, 0.15) is 43.5 Å². The van der Waals surface area contributed by atoms with Crippen LogP contribution in [0, 0.1) is 5.92 Å². The minimum Gasteiger partial charge on any atom is -0.389 e. The third-order valence-electron chi connectivity index (χ3n) is 6.11. The largest absolute Gasteiger partial charge is 0.389 e. The van der Waals surface area contributed by atoms with E-state index in [-0.39, 0.29) is 11.8 Å². The van der Waals surface area contributed by atoms with Crippen LogP contribution in [0.25, 0.3) is 0 Å². The molecule has 1 saturated heterocycles. The van der Waals surface area contributed by atoms with E-state index < -0.39 is 11.6 Å². The van der Waals surface area contributed by atoms with Gasteiger partial charge in [0, 0.05) is 31.4 Å². The molecule has 2 heterocycles. The molecule has 1 aromatic carbocycles. The lowest BCUT2D eigenvalue weighted by molar-refractivity contribution is -0.131. The minimum absolute atomic E-state index is 0.0823. The standard InChI is InChI=1S/C21H28N4O2/c26-18-14-25(15-19-22-11-12-23-19)13-10-21(18,17-8-2-1-3-9-17)24-20(27)16-6-4-5-7-16/h1-3,8-9,11-12,16,18,26H,4-7,10,13-15H2,(H,22,23)(H,24,27)/t18-,21-/m1/s1. The van der Waals surface area contributed by atoms with Crippen LogP contribution in [0.15, 0.2) is 42.7 Å². The summed E-state index contributed by atoms with van der Waals surface area (Å²) in [5.41, 5.74) is 0.266. The molecule has 1 amide bonds. The Balaban J connectivity index is 1.54. The highest BCUT2D eigenvalue weighted by molar-refractivity contribution is 5.80. The molecule has 3 N–H and O–H groups in total. The number of nitrogens with one attached hydrogen (secondary N) is 2. The molecule has 0 radical (unpaired) electrons. The summed E-state index contributed by atoms with van der Waals surface area (Å²) in [6.07, 6.45) is 7.71. The van der Waals surface area contributed by atoms with Crippen LogP contribution in [0.2, 0.25) is 0 Å². The molecule has 6 heteroatoms. The number of carbonyl (C=O) groups is 1. The Morgan fingerprint density at radius 1 is 1.30 bits per heavy atom. The maximum atomic E-state index is 12.9. The minimum atomic E-state index is -0.722. The van der Waals surface area contributed by atoms with Gasteiger partial charge in [-0.15, -0.1) is 0 Å². The topological polar surface area (TPSA) is 81.2 Å². The number of H-pyrrole nitrogens is 1. The smallest absolute Gasteiger partial charge is 0.223 e. The summed E-state index contributed by atoms with van der Waals surface area (Å²) in [7, 11) is 0. The van der Waals surface area contributed by atoms with Gasteiger partial charge >= 0.3 is 0 Å². The Morgan fingerprint density at radius 2 is 2.07 bits per heavy atom. The number of aliphatic hydroxyl groups is 1. The molecule has 2 aromatic rings. The van der Waals surface area contributed by atoms with Gasteiger partial charge in [-0.2, -0.15) is 0 Å². The number of likely N-dealkylation sites (tertiary alicyclic amines) is 1. The molecular formula is C21H28N4O2. The monoisotopic (exact) mass is 368 g/mol. The zero-order valence-corrected chi connectivity index (χ0v) is 15.6. The van der Waals surface area contributed by atoms with E-state index in [0.717, 1.165) is 43.6 Å². The van der Waals surface area contributed by atoms with Crippen LogP contribution in [0.3, 0.4) is 0 Å². The molecule has 144 valence electrons. The summed E-state index contributed by atoms with van der Waals surface area (Å²) in [6.45, 7) is 1.96. The van der Waals surface area contributed by atoms with Gasteiger partial charge < -0.3 is 15.4 Å². The van der Waals surface area contributed by atoms with Gasteiger partial charge in [-0.1, -0.05) is 43.2 Å². The average molecular weight is 368 g/mol. The van der Waals surface area contributed by atoms with Gasteiger partial charge in [0.25, 0.3) is 0 Å². The number of nitrogens with zero attached hydrogens (tertiary/aromatic N) is 2. The number of aromatic nitrogens is 2. The van der Waals surface area contributed by atoms with E-state index in [1.165, 1.54) is 0 Å². The van der Waals surface area contributed by atoms with E-state index in [1.54, 1.807) is 6.20 Å². The Hall–Kier alpha value is -2.18. The third-order valence-corrected chi connectivity index (χ3v) is 6.11. The molecule has 2 aliphatic rings. The Morgan fingerprint density at radius 3 is 2.74 bits per heavy atom. The normalized spacial score (nSPS) is 26.9. The van der Waals surface area contributed by atoms with Crippen LogP contribution in [-0.4, -0.2) is 45.1 Å². The maximum absolute atomic E-state index is 12.9. The van der Waals surface area contributed by atoms with Gasteiger partial charge in [0.05, 0.1) is 18.2 Å². The molecule has 1 aliphatic carbocycles. The van der Waals surface area contributed by atoms with E-state index in [4.69, 9.17) is 0 Å². The zero-order valence-electron chi connectivity index (χ0n) is 15.6. The number of piperidine rings is 1. The Labute approximate surface area is 160 Å². The van der Waals surface area contributed by atoms with Crippen molar-refractivity contribution >= 4 is 5.91 Å². The first-order valence-electron chi connectivity index (χ1n) is 9.93. The van der Waals surface area contributed by atoms with Crippen LogP contribution < -0.4 is 5.32 Å². The van der Waals surface area contributed by atoms with E-state index in [1.807, 2.05) is 36.5 Å². The SMILES string of the molecule is O=C(N[C@@]1(c2ccccc2)CCN(Cc2ncc[nH]2)C[C@H]1O)C1CCCC1. The first-order valence-corrected chi connectivity index (χ1v) is 9.93. The third kappa shape index (κ3) is 3.77. The second-order valence-corrected chi connectivity index (χ2v) is 7.84. The number of imidazole rings is 1. The molecule has 4 rings (SSSR count). The van der Waals surface area contributed by atoms with Gasteiger partial charge in [0.1, 0.15) is 5.82 Å². The fourth-order valence-electron chi connectivity index (χ4n) is 4.53. The van der Waals surface area contributed by atoms with E-state index in [2.05, 4.69) is 20.2 Å². The number of amides is 1. The number of carbonyl (C=O) groups excluding carboxylic acids is 1.